The minimum absolute atomic E-state index is 0.272. The second kappa shape index (κ2) is 7.07. The van der Waals surface area contributed by atoms with Gasteiger partial charge in [0.15, 0.2) is 0 Å². The highest BCUT2D eigenvalue weighted by atomic mass is 32.2. The summed E-state index contributed by atoms with van der Waals surface area (Å²) in [6, 6.07) is 0. The van der Waals surface area contributed by atoms with Crippen LogP contribution in [-0.4, -0.2) is 32.1 Å². The fraction of sp³-hybridized carbons (Fsp3) is 1.00. The van der Waals surface area contributed by atoms with Crippen LogP contribution in [0.3, 0.4) is 0 Å². The van der Waals surface area contributed by atoms with Crippen LogP contribution < -0.4 is 0 Å². The fourth-order valence-electron chi connectivity index (χ4n) is 2.01. The van der Waals surface area contributed by atoms with Crippen LogP contribution in [0.25, 0.3) is 0 Å². The van der Waals surface area contributed by atoms with Crippen molar-refractivity contribution >= 4 is 10.0 Å². The molecule has 0 rings (SSSR count). The molecule has 0 aromatic heterocycles. The fourth-order valence-corrected chi connectivity index (χ4v) is 2.94. The highest BCUT2D eigenvalue weighted by molar-refractivity contribution is 7.88. The molecule has 0 aromatic carbocycles. The van der Waals surface area contributed by atoms with E-state index in [1.807, 2.05) is 0 Å². The van der Waals surface area contributed by atoms with Crippen LogP contribution in [0.4, 0.5) is 0 Å². The molecule has 0 radical (unpaired) electrons. The molecule has 4 heteroatoms. The third kappa shape index (κ3) is 11.4. The van der Waals surface area contributed by atoms with Crippen LogP contribution in [0.1, 0.15) is 67.2 Å². The first-order chi connectivity index (χ1) is 8.31. The molecule has 0 atom stereocenters. The monoisotopic (exact) mass is 291 g/mol. The third-order valence-electron chi connectivity index (χ3n) is 3.14. The van der Waals surface area contributed by atoms with Gasteiger partial charge in [-0.15, -0.1) is 0 Å². The normalized spacial score (nSPS) is 14.1. The van der Waals surface area contributed by atoms with E-state index in [0.717, 1.165) is 25.7 Å². The molecule has 0 saturated carbocycles. The van der Waals surface area contributed by atoms with Crippen LogP contribution in [0, 0.1) is 10.8 Å². The van der Waals surface area contributed by atoms with Gasteiger partial charge in [0.1, 0.15) is 0 Å². The van der Waals surface area contributed by atoms with Gasteiger partial charge in [0.05, 0.1) is 6.26 Å². The largest absolute Gasteiger partial charge is 0.213 e. The average molecular weight is 292 g/mol. The minimum Gasteiger partial charge on any atom is -0.213 e. The summed E-state index contributed by atoms with van der Waals surface area (Å²) in [6.45, 7) is 14.5. The van der Waals surface area contributed by atoms with Crippen LogP contribution >= 0.6 is 0 Å². The molecular formula is C15H33NO2S. The summed E-state index contributed by atoms with van der Waals surface area (Å²) < 4.78 is 25.2. The van der Waals surface area contributed by atoms with Crippen molar-refractivity contribution in [1.82, 2.24) is 4.31 Å². The summed E-state index contributed by atoms with van der Waals surface area (Å²) in [5.41, 5.74) is 0.545. The lowest BCUT2D eigenvalue weighted by Crippen LogP contribution is -2.33. The maximum Gasteiger partial charge on any atom is 0.211 e. The molecule has 0 aliphatic carbocycles. The number of hydrogen-bond donors (Lipinski definition) is 0. The SMILES string of the molecule is CC(C)(C)CCCN(CCCC(C)(C)C)S(C)(=O)=O. The molecule has 0 aliphatic heterocycles. The summed E-state index contributed by atoms with van der Waals surface area (Å²) in [7, 11) is -3.07. The summed E-state index contributed by atoms with van der Waals surface area (Å²) in [4.78, 5) is 0. The lowest BCUT2D eigenvalue weighted by Gasteiger charge is -2.25. The first-order valence-corrected chi connectivity index (χ1v) is 9.11. The van der Waals surface area contributed by atoms with Crippen molar-refractivity contribution in [2.75, 3.05) is 19.3 Å². The number of sulfonamides is 1. The Morgan fingerprint density at radius 3 is 1.32 bits per heavy atom. The Morgan fingerprint density at radius 1 is 0.789 bits per heavy atom. The van der Waals surface area contributed by atoms with E-state index in [4.69, 9.17) is 0 Å². The molecular weight excluding hydrogens is 258 g/mol. The van der Waals surface area contributed by atoms with Crippen LogP contribution in [0.2, 0.25) is 0 Å². The molecule has 0 amide bonds. The molecule has 0 spiro atoms. The highest BCUT2D eigenvalue weighted by Gasteiger charge is 2.19. The molecule has 0 unspecified atom stereocenters. The van der Waals surface area contributed by atoms with E-state index in [1.165, 1.54) is 6.26 Å². The molecule has 19 heavy (non-hydrogen) atoms. The Morgan fingerprint density at radius 2 is 1.11 bits per heavy atom. The molecule has 0 bridgehead atoms. The van der Waals surface area contributed by atoms with Gasteiger partial charge in [-0.3, -0.25) is 0 Å². The smallest absolute Gasteiger partial charge is 0.211 e. The Labute approximate surface area is 120 Å². The summed E-state index contributed by atoms with van der Waals surface area (Å²) in [5, 5.41) is 0. The van der Waals surface area contributed by atoms with E-state index in [9.17, 15) is 8.42 Å². The van der Waals surface area contributed by atoms with Crippen LogP contribution in [0.15, 0.2) is 0 Å². The maximum absolute atomic E-state index is 11.8. The zero-order valence-corrected chi connectivity index (χ0v) is 14.7. The lowest BCUT2D eigenvalue weighted by molar-refractivity contribution is 0.305. The first kappa shape index (κ1) is 18.9. The van der Waals surface area contributed by atoms with Crippen LogP contribution in [0.5, 0.6) is 0 Å². The Kier molecular flexibility index (Phi) is 7.04. The average Bonchev–Trinajstić information content (AvgIpc) is 2.09. The zero-order chi connectivity index (χ0) is 15.3. The highest BCUT2D eigenvalue weighted by Crippen LogP contribution is 2.23. The second-order valence-corrected chi connectivity index (χ2v) is 9.97. The Balaban J connectivity index is 4.27. The zero-order valence-electron chi connectivity index (χ0n) is 13.9. The van der Waals surface area contributed by atoms with Gasteiger partial charge in [0.25, 0.3) is 0 Å². The first-order valence-electron chi connectivity index (χ1n) is 7.26. The minimum atomic E-state index is -3.07. The van der Waals surface area contributed by atoms with Crippen LogP contribution in [-0.2, 0) is 10.0 Å². The number of hydrogen-bond acceptors (Lipinski definition) is 2. The Hall–Kier alpha value is -0.0900. The second-order valence-electron chi connectivity index (χ2n) is 7.99. The molecule has 0 aliphatic rings. The summed E-state index contributed by atoms with van der Waals surface area (Å²) in [6.07, 6.45) is 5.30. The standard InChI is InChI=1S/C15H33NO2S/c1-14(2,3)10-8-12-16(19(7,17)18)13-9-11-15(4,5)6/h8-13H2,1-7H3. The molecule has 116 valence electrons. The van der Waals surface area contributed by atoms with Gasteiger partial charge < -0.3 is 0 Å². The van der Waals surface area contributed by atoms with Gasteiger partial charge in [-0.1, -0.05) is 41.5 Å². The number of nitrogens with zero attached hydrogens (tertiary/aromatic N) is 1. The van der Waals surface area contributed by atoms with Crippen molar-refractivity contribution in [2.45, 2.75) is 67.2 Å². The van der Waals surface area contributed by atoms with Crippen molar-refractivity contribution < 1.29 is 8.42 Å². The van der Waals surface area contributed by atoms with Gasteiger partial charge in [0.2, 0.25) is 10.0 Å². The molecule has 0 aromatic rings. The van der Waals surface area contributed by atoms with Gasteiger partial charge in [0, 0.05) is 13.1 Å². The van der Waals surface area contributed by atoms with E-state index in [2.05, 4.69) is 41.5 Å². The third-order valence-corrected chi connectivity index (χ3v) is 4.44. The topological polar surface area (TPSA) is 37.4 Å². The predicted octanol–water partition coefficient (Wildman–Crippen LogP) is 3.90. The molecule has 0 heterocycles. The van der Waals surface area contributed by atoms with Gasteiger partial charge in [-0.2, -0.15) is 0 Å². The number of rotatable bonds is 7. The summed E-state index contributed by atoms with van der Waals surface area (Å²) >= 11 is 0. The van der Waals surface area contributed by atoms with Gasteiger partial charge >= 0.3 is 0 Å². The van der Waals surface area contributed by atoms with E-state index in [1.54, 1.807) is 4.31 Å². The lowest BCUT2D eigenvalue weighted by atomic mass is 9.90. The quantitative estimate of drug-likeness (QED) is 0.713. The molecule has 3 nitrogen and oxygen atoms in total. The van der Waals surface area contributed by atoms with Crippen molar-refractivity contribution in [3.05, 3.63) is 0 Å². The van der Waals surface area contributed by atoms with Crippen molar-refractivity contribution in [2.24, 2.45) is 10.8 Å². The predicted molar refractivity (Wildman–Crippen MR) is 83.8 cm³/mol. The molecule has 0 saturated heterocycles. The van der Waals surface area contributed by atoms with E-state index < -0.39 is 10.0 Å². The van der Waals surface area contributed by atoms with E-state index in [0.29, 0.717) is 13.1 Å². The summed E-state index contributed by atoms with van der Waals surface area (Å²) in [5.74, 6) is 0. The van der Waals surface area contributed by atoms with E-state index in [-0.39, 0.29) is 10.8 Å². The molecule has 0 N–H and O–H groups in total. The van der Waals surface area contributed by atoms with Gasteiger partial charge in [-0.25, -0.2) is 12.7 Å². The van der Waals surface area contributed by atoms with E-state index >= 15 is 0 Å². The van der Waals surface area contributed by atoms with Crippen molar-refractivity contribution in [1.29, 1.82) is 0 Å². The van der Waals surface area contributed by atoms with Gasteiger partial charge in [-0.05, 0) is 36.5 Å². The Bertz CT molecular complexity index is 327. The van der Waals surface area contributed by atoms with Crippen molar-refractivity contribution in [3.8, 4) is 0 Å². The molecule has 0 fully saturated rings. The van der Waals surface area contributed by atoms with Crippen molar-refractivity contribution in [3.63, 3.8) is 0 Å². The maximum atomic E-state index is 11.8.